The molecule has 10 rings (SSSR count). The Balaban J connectivity index is 1.08. The number of benzene rings is 5. The van der Waals surface area contributed by atoms with Gasteiger partial charge in [-0.05, 0) is 78.8 Å². The molecule has 10 aromatic rings. The van der Waals surface area contributed by atoms with Gasteiger partial charge in [0, 0.05) is 70.1 Å². The molecule has 8 heteroatoms. The molecule has 0 aliphatic carbocycles. The molecular formula is C44H28N6O2. The number of ether oxygens (including phenoxy) is 2. The van der Waals surface area contributed by atoms with Gasteiger partial charge in [-0.2, -0.15) is 0 Å². The van der Waals surface area contributed by atoms with E-state index in [9.17, 15) is 0 Å². The van der Waals surface area contributed by atoms with E-state index in [4.69, 9.17) is 12.2 Å². The first kappa shape index (κ1) is 27.5. The Hall–Kier alpha value is -7.32. The fraction of sp³-hybridized carbons (Fsp3) is 0. The first-order valence-corrected chi connectivity index (χ1v) is 16.8. The topological polar surface area (TPSA) is 79.9 Å². The van der Waals surface area contributed by atoms with Crippen molar-refractivity contribution in [3.63, 3.8) is 0 Å². The minimum absolute atomic E-state index is 0.322. The summed E-state index contributed by atoms with van der Waals surface area (Å²) in [5.74, 6) is 3.85. The third-order valence-electron chi connectivity index (χ3n) is 9.07. The molecule has 0 saturated carbocycles. The molecule has 0 aliphatic heterocycles. The molecule has 0 fully saturated rings. The maximum Gasteiger partial charge on any atom is 0.159 e. The Morgan fingerprint density at radius 1 is 0.404 bits per heavy atom. The molecule has 0 saturated heterocycles. The standard InChI is InChI=1S/C44H28N6O2/c1-3-12-38-34(10-1)36-18-16-30(27-40(36)49(38)42-14-5-7-20-45-42)51-32-24-29(44-47-22-9-23-48-44)25-33(26-32)52-31-17-19-37-35-11-2-4-13-39(35)50(41(37)28-31)43-15-6-8-21-46-43/h1-28H/i14D,15D. The van der Waals surface area contributed by atoms with Gasteiger partial charge in [0.1, 0.15) is 34.6 Å². The molecule has 0 aliphatic rings. The first-order chi connectivity index (χ1) is 26.6. The van der Waals surface area contributed by atoms with E-state index in [2.05, 4.69) is 32.1 Å². The summed E-state index contributed by atoms with van der Waals surface area (Å²) < 4.78 is 34.5. The highest BCUT2D eigenvalue weighted by atomic mass is 16.5. The molecule has 8 nitrogen and oxygen atoms in total. The molecule has 0 bridgehead atoms. The molecule has 5 aromatic carbocycles. The average Bonchev–Trinajstić information content (AvgIpc) is 3.70. The zero-order valence-corrected chi connectivity index (χ0v) is 27.5. The zero-order chi connectivity index (χ0) is 36.2. The molecule has 0 unspecified atom stereocenters. The first-order valence-electron chi connectivity index (χ1n) is 17.8. The molecule has 0 atom stereocenters. The van der Waals surface area contributed by atoms with Gasteiger partial charge in [0.15, 0.2) is 5.82 Å². The van der Waals surface area contributed by atoms with Gasteiger partial charge < -0.3 is 9.47 Å². The van der Waals surface area contributed by atoms with E-state index in [1.165, 1.54) is 0 Å². The summed E-state index contributed by atoms with van der Waals surface area (Å²) in [5, 5.41) is 4.16. The number of pyridine rings is 2. The highest BCUT2D eigenvalue weighted by molar-refractivity contribution is 6.10. The molecule has 5 aromatic heterocycles. The molecular weight excluding hydrogens is 645 g/mol. The number of aromatic nitrogens is 6. The highest BCUT2D eigenvalue weighted by Crippen LogP contribution is 2.39. The lowest BCUT2D eigenvalue weighted by atomic mass is 10.1. The van der Waals surface area contributed by atoms with Crippen LogP contribution in [-0.2, 0) is 0 Å². The second kappa shape index (κ2) is 12.2. The van der Waals surface area contributed by atoms with Gasteiger partial charge >= 0.3 is 0 Å². The Morgan fingerprint density at radius 2 is 0.885 bits per heavy atom. The van der Waals surface area contributed by atoms with Crippen LogP contribution in [0.25, 0.3) is 66.6 Å². The molecule has 0 radical (unpaired) electrons. The SMILES string of the molecule is [2H]c1cccnc1-n1c2ccccc2c2ccc(Oc3cc(Oc4ccc5c6ccccc6n(-c6ncccc6[2H])c5c4)cc(-c4ncccn4)c3)cc21. The lowest BCUT2D eigenvalue weighted by molar-refractivity contribution is 0.461. The van der Waals surface area contributed by atoms with Crippen LogP contribution in [0.5, 0.6) is 23.0 Å². The van der Waals surface area contributed by atoms with Gasteiger partial charge in [-0.3, -0.25) is 9.13 Å². The van der Waals surface area contributed by atoms with Gasteiger partial charge in [0.05, 0.1) is 24.8 Å². The molecule has 0 amide bonds. The summed E-state index contributed by atoms with van der Waals surface area (Å²) >= 11 is 0. The van der Waals surface area contributed by atoms with Crippen LogP contribution >= 0.6 is 0 Å². The van der Waals surface area contributed by atoms with Crippen LogP contribution in [-0.4, -0.2) is 29.1 Å². The van der Waals surface area contributed by atoms with Crippen molar-refractivity contribution in [3.8, 4) is 46.0 Å². The molecule has 0 spiro atoms. The largest absolute Gasteiger partial charge is 0.457 e. The van der Waals surface area contributed by atoms with Crippen molar-refractivity contribution in [1.82, 2.24) is 29.1 Å². The van der Waals surface area contributed by atoms with Crippen LogP contribution in [0.15, 0.2) is 170 Å². The van der Waals surface area contributed by atoms with Gasteiger partial charge in [-0.15, -0.1) is 0 Å². The summed E-state index contributed by atoms with van der Waals surface area (Å²) in [6.07, 6.45) is 6.81. The fourth-order valence-electron chi connectivity index (χ4n) is 6.90. The third kappa shape index (κ3) is 5.09. The number of rotatable bonds is 7. The van der Waals surface area contributed by atoms with Crippen molar-refractivity contribution >= 4 is 43.6 Å². The number of fused-ring (bicyclic) bond motifs is 6. The minimum atomic E-state index is 0.322. The van der Waals surface area contributed by atoms with Crippen molar-refractivity contribution < 1.29 is 12.2 Å². The second-order valence-corrected chi connectivity index (χ2v) is 12.2. The lowest BCUT2D eigenvalue weighted by Crippen LogP contribution is -1.97. The second-order valence-electron chi connectivity index (χ2n) is 12.2. The van der Waals surface area contributed by atoms with E-state index in [1.807, 2.05) is 100 Å². The van der Waals surface area contributed by atoms with Crippen LogP contribution in [0, 0.1) is 0 Å². The molecule has 5 heterocycles. The van der Waals surface area contributed by atoms with Crippen molar-refractivity contribution in [1.29, 1.82) is 0 Å². The Bertz CT molecular complexity index is 2870. The van der Waals surface area contributed by atoms with Crippen LogP contribution in [0.3, 0.4) is 0 Å². The van der Waals surface area contributed by atoms with Crippen molar-refractivity contribution in [2.24, 2.45) is 0 Å². The summed E-state index contributed by atoms with van der Waals surface area (Å²) in [6, 6.07) is 43.2. The van der Waals surface area contributed by atoms with E-state index in [0.717, 1.165) is 43.6 Å². The van der Waals surface area contributed by atoms with Gasteiger partial charge in [0.25, 0.3) is 0 Å². The Labute approximate surface area is 300 Å². The van der Waals surface area contributed by atoms with Crippen LogP contribution in [0.2, 0.25) is 0 Å². The average molecular weight is 675 g/mol. The fourth-order valence-corrected chi connectivity index (χ4v) is 6.90. The van der Waals surface area contributed by atoms with Crippen molar-refractivity contribution in [3.05, 3.63) is 170 Å². The zero-order valence-electron chi connectivity index (χ0n) is 29.5. The van der Waals surface area contributed by atoms with E-state index in [-0.39, 0.29) is 0 Å². The monoisotopic (exact) mass is 674 g/mol. The number of nitrogens with zero attached hydrogens (tertiary/aromatic N) is 6. The van der Waals surface area contributed by atoms with Crippen LogP contribution < -0.4 is 9.47 Å². The van der Waals surface area contributed by atoms with Gasteiger partial charge in [-0.1, -0.05) is 48.5 Å². The highest BCUT2D eigenvalue weighted by Gasteiger charge is 2.17. The predicted octanol–water partition coefficient (Wildman–Crippen LogP) is 10.7. The van der Waals surface area contributed by atoms with E-state index in [1.54, 1.807) is 55.1 Å². The summed E-state index contributed by atoms with van der Waals surface area (Å²) in [6.45, 7) is 0. The maximum absolute atomic E-state index is 8.64. The summed E-state index contributed by atoms with van der Waals surface area (Å²) in [4.78, 5) is 18.2. The van der Waals surface area contributed by atoms with E-state index >= 15 is 0 Å². The molecule has 52 heavy (non-hydrogen) atoms. The number of para-hydroxylation sites is 2. The van der Waals surface area contributed by atoms with Gasteiger partial charge in [0.2, 0.25) is 0 Å². The Kier molecular flexibility index (Phi) is 6.46. The maximum atomic E-state index is 8.64. The summed E-state index contributed by atoms with van der Waals surface area (Å²) in [5.41, 5.74) is 4.36. The van der Waals surface area contributed by atoms with Crippen LogP contribution in [0.1, 0.15) is 2.74 Å². The van der Waals surface area contributed by atoms with Crippen molar-refractivity contribution in [2.45, 2.75) is 0 Å². The number of hydrogen-bond donors (Lipinski definition) is 0. The minimum Gasteiger partial charge on any atom is -0.457 e. The quantitative estimate of drug-likeness (QED) is 0.167. The van der Waals surface area contributed by atoms with E-state index < -0.39 is 0 Å². The number of hydrogen-bond acceptors (Lipinski definition) is 6. The third-order valence-corrected chi connectivity index (χ3v) is 9.07. The molecule has 0 N–H and O–H groups in total. The molecule has 246 valence electrons. The van der Waals surface area contributed by atoms with Crippen molar-refractivity contribution in [2.75, 3.05) is 0 Å². The predicted molar refractivity (Wildman–Crippen MR) is 205 cm³/mol. The lowest BCUT2D eigenvalue weighted by Gasteiger charge is -2.13. The van der Waals surface area contributed by atoms with Crippen LogP contribution in [0.4, 0.5) is 0 Å². The Morgan fingerprint density at radius 3 is 1.40 bits per heavy atom. The summed E-state index contributed by atoms with van der Waals surface area (Å²) in [7, 11) is 0. The van der Waals surface area contributed by atoms with E-state index in [0.29, 0.717) is 58.1 Å². The van der Waals surface area contributed by atoms with Gasteiger partial charge in [-0.25, -0.2) is 19.9 Å². The normalized spacial score (nSPS) is 12.0. The smallest absolute Gasteiger partial charge is 0.159 e.